The first-order chi connectivity index (χ1) is 9.09. The van der Waals surface area contributed by atoms with E-state index in [1.807, 2.05) is 30.3 Å². The first-order valence-electron chi connectivity index (χ1n) is 6.19. The van der Waals surface area contributed by atoms with Crippen LogP contribution in [0.25, 0.3) is 0 Å². The molecular weight excluding hydrogens is 266 g/mol. The van der Waals surface area contributed by atoms with Crippen molar-refractivity contribution < 1.29 is 14.3 Å². The predicted molar refractivity (Wildman–Crippen MR) is 74.0 cm³/mol. The third kappa shape index (κ3) is 6.82. The second-order valence-electron chi connectivity index (χ2n) is 4.27. The van der Waals surface area contributed by atoms with E-state index in [0.717, 1.165) is 12.0 Å². The minimum atomic E-state index is -0.360. The number of unbranched alkanes of at least 4 members (excludes halogenated alkanes) is 1. The number of benzene rings is 1. The number of carbonyl (C=O) groups is 2. The summed E-state index contributed by atoms with van der Waals surface area (Å²) in [5.41, 5.74) is 0.956. The smallest absolute Gasteiger partial charge is 0.409 e. The Balaban J connectivity index is 2.20. The molecule has 19 heavy (non-hydrogen) atoms. The molecule has 0 aliphatic heterocycles. The van der Waals surface area contributed by atoms with Crippen LogP contribution in [0.1, 0.15) is 24.8 Å². The Labute approximate surface area is 118 Å². The maximum Gasteiger partial charge on any atom is 0.409 e. The van der Waals surface area contributed by atoms with Gasteiger partial charge in [-0.1, -0.05) is 30.3 Å². The number of hydrogen-bond donors (Lipinski definition) is 0. The largest absolute Gasteiger partial charge is 0.445 e. The van der Waals surface area contributed by atoms with Crippen LogP contribution in [0.4, 0.5) is 4.79 Å². The molecule has 0 spiro atoms. The Morgan fingerprint density at radius 3 is 2.53 bits per heavy atom. The number of hydrogen-bond acceptors (Lipinski definition) is 3. The number of halogens is 1. The second kappa shape index (κ2) is 8.53. The lowest BCUT2D eigenvalue weighted by Crippen LogP contribution is -2.28. The van der Waals surface area contributed by atoms with Crippen molar-refractivity contribution in [2.24, 2.45) is 0 Å². The summed E-state index contributed by atoms with van der Waals surface area (Å²) < 4.78 is 5.16. The van der Waals surface area contributed by atoms with E-state index < -0.39 is 0 Å². The van der Waals surface area contributed by atoms with Crippen molar-refractivity contribution in [2.45, 2.75) is 25.9 Å². The van der Waals surface area contributed by atoms with Crippen LogP contribution in [0, 0.1) is 0 Å². The first-order valence-corrected chi connectivity index (χ1v) is 6.57. The zero-order valence-electron chi connectivity index (χ0n) is 11.0. The first kappa shape index (κ1) is 15.5. The number of ether oxygens (including phenoxy) is 1. The number of nitrogens with zero attached hydrogens (tertiary/aromatic N) is 1. The van der Waals surface area contributed by atoms with Crippen LogP contribution in [0.15, 0.2) is 30.3 Å². The van der Waals surface area contributed by atoms with E-state index in [2.05, 4.69) is 0 Å². The lowest BCUT2D eigenvalue weighted by Gasteiger charge is -2.16. The molecule has 0 atom stereocenters. The van der Waals surface area contributed by atoms with Gasteiger partial charge in [-0.15, -0.1) is 0 Å². The van der Waals surface area contributed by atoms with E-state index in [-0.39, 0.29) is 17.9 Å². The Kier molecular flexibility index (Phi) is 6.97. The standard InChI is InChI=1S/C14H18ClNO3/c1-16(10-6-5-9-13(15)17)14(18)19-11-12-7-3-2-4-8-12/h2-4,7-8H,5-6,9-11H2,1H3. The van der Waals surface area contributed by atoms with Gasteiger partial charge in [-0.3, -0.25) is 4.79 Å². The fraction of sp³-hybridized carbons (Fsp3) is 0.429. The third-order valence-electron chi connectivity index (χ3n) is 2.63. The molecule has 0 aliphatic carbocycles. The molecule has 104 valence electrons. The van der Waals surface area contributed by atoms with E-state index in [1.54, 1.807) is 7.05 Å². The Hall–Kier alpha value is -1.55. The van der Waals surface area contributed by atoms with Gasteiger partial charge in [0, 0.05) is 20.0 Å². The van der Waals surface area contributed by atoms with E-state index in [0.29, 0.717) is 19.4 Å². The molecule has 4 nitrogen and oxygen atoms in total. The maximum absolute atomic E-state index is 11.7. The van der Waals surface area contributed by atoms with Gasteiger partial charge in [-0.05, 0) is 30.0 Å². The van der Waals surface area contributed by atoms with Gasteiger partial charge in [0.2, 0.25) is 5.24 Å². The highest BCUT2D eigenvalue weighted by Crippen LogP contribution is 2.04. The van der Waals surface area contributed by atoms with E-state index in [1.165, 1.54) is 4.90 Å². The Morgan fingerprint density at radius 1 is 1.21 bits per heavy atom. The average molecular weight is 284 g/mol. The minimum absolute atomic E-state index is 0.268. The molecule has 0 saturated carbocycles. The molecule has 0 saturated heterocycles. The van der Waals surface area contributed by atoms with Crippen LogP contribution in [0.5, 0.6) is 0 Å². The van der Waals surface area contributed by atoms with E-state index >= 15 is 0 Å². The van der Waals surface area contributed by atoms with Gasteiger partial charge >= 0.3 is 6.09 Å². The van der Waals surface area contributed by atoms with E-state index in [9.17, 15) is 9.59 Å². The molecule has 1 aromatic rings. The highest BCUT2D eigenvalue weighted by atomic mass is 35.5. The fourth-order valence-corrected chi connectivity index (χ4v) is 1.67. The lowest BCUT2D eigenvalue weighted by molar-refractivity contribution is -0.111. The summed E-state index contributed by atoms with van der Waals surface area (Å²) in [5, 5.41) is -0.339. The highest BCUT2D eigenvalue weighted by molar-refractivity contribution is 6.63. The molecular formula is C14H18ClNO3. The molecule has 0 aromatic heterocycles. The summed E-state index contributed by atoms with van der Waals surface area (Å²) in [6.07, 6.45) is 1.39. The maximum atomic E-state index is 11.7. The van der Waals surface area contributed by atoms with Gasteiger partial charge in [0.1, 0.15) is 6.61 Å². The normalized spacial score (nSPS) is 10.0. The summed E-state index contributed by atoms with van der Waals surface area (Å²) in [5.74, 6) is 0. The SMILES string of the molecule is CN(CCCCC(=O)Cl)C(=O)OCc1ccccc1. The molecule has 0 heterocycles. The molecule has 0 radical (unpaired) electrons. The number of rotatable bonds is 7. The molecule has 5 heteroatoms. The minimum Gasteiger partial charge on any atom is -0.445 e. The number of carbonyl (C=O) groups excluding carboxylic acids is 2. The van der Waals surface area contributed by atoms with Gasteiger partial charge < -0.3 is 9.64 Å². The quantitative estimate of drug-likeness (QED) is 0.570. The molecule has 0 unspecified atom stereocenters. The zero-order chi connectivity index (χ0) is 14.1. The lowest BCUT2D eigenvalue weighted by atomic mass is 10.2. The molecule has 1 amide bonds. The number of amides is 1. The van der Waals surface area contributed by atoms with Gasteiger partial charge in [-0.25, -0.2) is 4.79 Å². The molecule has 1 aromatic carbocycles. The topological polar surface area (TPSA) is 46.6 Å². The van der Waals surface area contributed by atoms with Gasteiger partial charge in [-0.2, -0.15) is 0 Å². The molecule has 0 aliphatic rings. The zero-order valence-corrected chi connectivity index (χ0v) is 11.7. The van der Waals surface area contributed by atoms with Gasteiger partial charge in [0.05, 0.1) is 0 Å². The molecule has 1 rings (SSSR count). The molecule has 0 bridgehead atoms. The third-order valence-corrected chi connectivity index (χ3v) is 2.82. The average Bonchev–Trinajstić information content (AvgIpc) is 2.41. The van der Waals surface area contributed by atoms with Crippen LogP contribution in [-0.4, -0.2) is 29.8 Å². The van der Waals surface area contributed by atoms with Crippen LogP contribution < -0.4 is 0 Å². The van der Waals surface area contributed by atoms with Crippen molar-refractivity contribution in [3.05, 3.63) is 35.9 Å². The van der Waals surface area contributed by atoms with Crippen LogP contribution in [0.2, 0.25) is 0 Å². The highest BCUT2D eigenvalue weighted by Gasteiger charge is 2.09. The Morgan fingerprint density at radius 2 is 1.89 bits per heavy atom. The summed E-state index contributed by atoms with van der Waals surface area (Å²) >= 11 is 5.23. The monoisotopic (exact) mass is 283 g/mol. The summed E-state index contributed by atoms with van der Waals surface area (Å²) in [4.78, 5) is 23.7. The fourth-order valence-electron chi connectivity index (χ4n) is 1.53. The van der Waals surface area contributed by atoms with Gasteiger partial charge in [0.15, 0.2) is 0 Å². The molecule has 0 N–H and O–H groups in total. The van der Waals surface area contributed by atoms with Crippen LogP contribution in [-0.2, 0) is 16.1 Å². The van der Waals surface area contributed by atoms with Crippen molar-refractivity contribution in [1.29, 1.82) is 0 Å². The summed E-state index contributed by atoms with van der Waals surface area (Å²) in [7, 11) is 1.68. The van der Waals surface area contributed by atoms with Crippen molar-refractivity contribution in [2.75, 3.05) is 13.6 Å². The van der Waals surface area contributed by atoms with Crippen molar-refractivity contribution in [3.63, 3.8) is 0 Å². The van der Waals surface area contributed by atoms with Crippen LogP contribution in [0.3, 0.4) is 0 Å². The predicted octanol–water partition coefficient (Wildman–Crippen LogP) is 3.19. The Bertz CT molecular complexity index is 408. The van der Waals surface area contributed by atoms with Gasteiger partial charge in [0.25, 0.3) is 0 Å². The van der Waals surface area contributed by atoms with Crippen molar-refractivity contribution >= 4 is 22.9 Å². The van der Waals surface area contributed by atoms with E-state index in [4.69, 9.17) is 16.3 Å². The van der Waals surface area contributed by atoms with Crippen LogP contribution >= 0.6 is 11.6 Å². The second-order valence-corrected chi connectivity index (χ2v) is 4.70. The van der Waals surface area contributed by atoms with Crippen molar-refractivity contribution in [3.8, 4) is 0 Å². The van der Waals surface area contributed by atoms with Crippen molar-refractivity contribution in [1.82, 2.24) is 4.90 Å². The summed E-state index contributed by atoms with van der Waals surface area (Å²) in [6.45, 7) is 0.821. The molecule has 0 fully saturated rings. The summed E-state index contributed by atoms with van der Waals surface area (Å²) in [6, 6.07) is 9.51.